The smallest absolute Gasteiger partial charge is 0.319 e. The molecule has 5 saturated heterocycles. The van der Waals surface area contributed by atoms with Crippen LogP contribution in [-0.4, -0.2) is 140 Å². The molecule has 0 saturated carbocycles. The maximum atomic E-state index is 13.6. The van der Waals surface area contributed by atoms with E-state index in [1.54, 1.807) is 12.1 Å². The van der Waals surface area contributed by atoms with Gasteiger partial charge in [-0.1, -0.05) is 24.3 Å². The first-order chi connectivity index (χ1) is 30.2. The second kappa shape index (κ2) is 16.5. The van der Waals surface area contributed by atoms with E-state index in [-0.39, 0.29) is 47.8 Å². The van der Waals surface area contributed by atoms with E-state index in [0.29, 0.717) is 81.8 Å². The first kappa shape index (κ1) is 39.8. The Morgan fingerprint density at radius 1 is 0.871 bits per heavy atom. The number of morpholine rings is 1. The number of rotatable bonds is 9. The lowest BCUT2D eigenvalue weighted by molar-refractivity contribution is -0.134. The summed E-state index contributed by atoms with van der Waals surface area (Å²) >= 11 is 0. The minimum atomic E-state index is -0.308. The molecule has 16 nitrogen and oxygen atoms in total. The van der Waals surface area contributed by atoms with Gasteiger partial charge in [-0.2, -0.15) is 0 Å². The van der Waals surface area contributed by atoms with Crippen LogP contribution in [0.1, 0.15) is 31.2 Å². The Morgan fingerprint density at radius 3 is 2.39 bits per heavy atom. The summed E-state index contributed by atoms with van der Waals surface area (Å²) in [4.78, 5) is 51.1. The fourth-order valence-electron chi connectivity index (χ4n) is 10.5. The van der Waals surface area contributed by atoms with Gasteiger partial charge in [-0.3, -0.25) is 14.9 Å². The molecule has 3 aromatic carbocycles. The van der Waals surface area contributed by atoms with Gasteiger partial charge in [0, 0.05) is 119 Å². The van der Waals surface area contributed by atoms with Crippen LogP contribution < -0.4 is 35.4 Å². The number of nitrogens with zero attached hydrogens (tertiary/aromatic N) is 8. The third-order valence-electron chi connectivity index (χ3n) is 13.5. The maximum Gasteiger partial charge on any atom is 0.319 e. The highest BCUT2D eigenvalue weighted by atomic mass is 16.5. The number of phenolic OH excluding ortho intramolecular Hbond substituents is 1. The number of anilines is 5. The van der Waals surface area contributed by atoms with Gasteiger partial charge in [0.15, 0.2) is 5.82 Å². The fraction of sp³-hybridized carbons (Fsp3) is 0.457. The molecule has 1 unspecified atom stereocenters. The summed E-state index contributed by atoms with van der Waals surface area (Å²) in [6.45, 7) is 7.02. The lowest BCUT2D eigenvalue weighted by Crippen LogP contribution is -2.65. The quantitative estimate of drug-likeness (QED) is 0.209. The molecule has 324 valence electrons. The predicted octanol–water partition coefficient (Wildman–Crippen LogP) is 3.72. The number of hydrogen-bond acceptors (Lipinski definition) is 13. The van der Waals surface area contributed by atoms with Gasteiger partial charge in [0.25, 0.3) is 0 Å². The number of carbonyl (C=O) groups excluding carboxylic acids is 3. The zero-order chi connectivity index (χ0) is 42.5. The van der Waals surface area contributed by atoms with Crippen LogP contribution in [0.4, 0.5) is 33.4 Å². The predicted molar refractivity (Wildman–Crippen MR) is 236 cm³/mol. The summed E-state index contributed by atoms with van der Waals surface area (Å²) in [5, 5.41) is 21.5. The highest BCUT2D eigenvalue weighted by Gasteiger charge is 2.41. The maximum absolute atomic E-state index is 13.6. The van der Waals surface area contributed by atoms with E-state index in [1.807, 2.05) is 47.2 Å². The van der Waals surface area contributed by atoms with Crippen molar-refractivity contribution in [2.24, 2.45) is 5.92 Å². The average Bonchev–Trinajstić information content (AvgIpc) is 3.69. The number of benzene rings is 3. The van der Waals surface area contributed by atoms with Gasteiger partial charge in [0.05, 0.1) is 36.7 Å². The number of nitrogens with two attached hydrogens (primary N) is 1. The molecule has 0 radical (unpaired) electrons. The normalized spacial score (nSPS) is 22.9. The number of likely N-dealkylation sites (tertiary alicyclic amines) is 1. The fourth-order valence-corrected chi connectivity index (χ4v) is 10.5. The van der Waals surface area contributed by atoms with E-state index < -0.39 is 0 Å². The summed E-state index contributed by atoms with van der Waals surface area (Å²) in [7, 11) is 1.91. The summed E-state index contributed by atoms with van der Waals surface area (Å²) in [6.07, 6.45) is 3.32. The number of hydrogen-bond donors (Lipinski definition) is 3. The number of urea groups is 1. The molecule has 16 heteroatoms. The minimum absolute atomic E-state index is 0.0124. The van der Waals surface area contributed by atoms with Crippen LogP contribution >= 0.6 is 0 Å². The standard InChI is InChI=1S/C46H54N10O6/c1-51(22-29-23-53(24-29)38-9-5-10-39-36(38)16-19-55(39)40-12-13-43(58)48-45(40)59)46(60)52-17-14-33(15-18-52)62-34-7-4-6-30(20-34)56-31-25-54(26-32(56)28-61-27-31)41-21-37(49-50-44(41)47)35-8-2-3-11-42(35)57/h2-11,20-21,29,31-33,40,57H,12-19,22-28H2,1H3,(H2,47,50)(H,48,58,59)/t31-,32+,40?. The molecule has 62 heavy (non-hydrogen) atoms. The van der Waals surface area contributed by atoms with Gasteiger partial charge in [-0.25, -0.2) is 4.79 Å². The van der Waals surface area contributed by atoms with Crippen molar-refractivity contribution in [3.63, 3.8) is 0 Å². The minimum Gasteiger partial charge on any atom is -0.507 e. The Morgan fingerprint density at radius 2 is 1.61 bits per heavy atom. The van der Waals surface area contributed by atoms with E-state index in [2.05, 4.69) is 65.4 Å². The molecule has 7 heterocycles. The van der Waals surface area contributed by atoms with Crippen LogP contribution in [0.2, 0.25) is 0 Å². The Balaban J connectivity index is 0.707. The number of carbonyl (C=O) groups is 3. The van der Waals surface area contributed by atoms with E-state index >= 15 is 0 Å². The van der Waals surface area contributed by atoms with Crippen LogP contribution in [0, 0.1) is 5.92 Å². The van der Waals surface area contributed by atoms with Crippen molar-refractivity contribution in [1.82, 2.24) is 25.3 Å². The number of aromatic nitrogens is 2. The Hall–Kier alpha value is -6.29. The van der Waals surface area contributed by atoms with Gasteiger partial charge in [-0.05, 0) is 55.3 Å². The Labute approximate surface area is 361 Å². The first-order valence-corrected chi connectivity index (χ1v) is 21.9. The second-order valence-corrected chi connectivity index (χ2v) is 17.6. The number of phenols is 1. The van der Waals surface area contributed by atoms with E-state index in [0.717, 1.165) is 61.7 Å². The van der Waals surface area contributed by atoms with Crippen molar-refractivity contribution in [3.05, 3.63) is 78.4 Å². The number of aromatic hydroxyl groups is 1. The van der Waals surface area contributed by atoms with Gasteiger partial charge in [0.1, 0.15) is 23.6 Å². The van der Waals surface area contributed by atoms with Crippen LogP contribution in [0.25, 0.3) is 11.3 Å². The molecule has 3 atom stereocenters. The highest BCUT2D eigenvalue weighted by molar-refractivity contribution is 6.02. The van der Waals surface area contributed by atoms with Crippen molar-refractivity contribution in [2.75, 3.05) is 98.0 Å². The van der Waals surface area contributed by atoms with Crippen LogP contribution in [0.3, 0.4) is 0 Å². The topological polar surface area (TPSA) is 173 Å². The molecule has 6 aliphatic heterocycles. The van der Waals surface area contributed by atoms with Crippen molar-refractivity contribution in [1.29, 1.82) is 0 Å². The molecule has 1 aromatic heterocycles. The van der Waals surface area contributed by atoms with E-state index in [9.17, 15) is 19.5 Å². The number of piperazine rings is 1. The summed E-state index contributed by atoms with van der Waals surface area (Å²) in [5.41, 5.74) is 13.0. The summed E-state index contributed by atoms with van der Waals surface area (Å²) < 4.78 is 12.6. The number of nitrogen functional groups attached to an aromatic ring is 1. The van der Waals surface area contributed by atoms with Gasteiger partial charge in [0.2, 0.25) is 11.8 Å². The van der Waals surface area contributed by atoms with Crippen molar-refractivity contribution in [3.8, 4) is 22.8 Å². The molecule has 0 aliphatic carbocycles. The van der Waals surface area contributed by atoms with Crippen LogP contribution in [0.5, 0.6) is 11.5 Å². The number of nitrogens with one attached hydrogen (secondary N) is 1. The molecular weight excluding hydrogens is 789 g/mol. The van der Waals surface area contributed by atoms with Crippen molar-refractivity contribution >= 4 is 46.4 Å². The largest absolute Gasteiger partial charge is 0.507 e. The average molecular weight is 843 g/mol. The SMILES string of the molecule is CN(CC1CN(c2cccc3c2CCN3C2CCC(=O)NC2=O)C1)C(=O)N1CCC(Oc2cccc(N3[C@@H]4COC[C@H]3CN(c3cc(-c5ccccc5O)nnc3N)C4)c2)CC1. The van der Waals surface area contributed by atoms with Gasteiger partial charge in [-0.15, -0.1) is 10.2 Å². The molecule has 4 N–H and O–H groups in total. The lowest BCUT2D eigenvalue weighted by Gasteiger charge is -2.51. The molecule has 2 bridgehead atoms. The number of amides is 4. The number of piperidine rings is 2. The molecule has 10 rings (SSSR count). The van der Waals surface area contributed by atoms with E-state index in [4.69, 9.17) is 15.2 Å². The first-order valence-electron chi connectivity index (χ1n) is 21.9. The monoisotopic (exact) mass is 842 g/mol. The zero-order valence-corrected chi connectivity index (χ0v) is 35.1. The molecule has 5 fully saturated rings. The number of imide groups is 1. The highest BCUT2D eigenvalue weighted by Crippen LogP contribution is 2.41. The van der Waals surface area contributed by atoms with Crippen molar-refractivity contribution in [2.45, 2.75) is 56.3 Å². The van der Waals surface area contributed by atoms with Crippen LogP contribution in [-0.2, 0) is 20.7 Å². The summed E-state index contributed by atoms with van der Waals surface area (Å²) in [5.74, 6) is 1.30. The molecule has 4 amide bonds. The second-order valence-electron chi connectivity index (χ2n) is 17.6. The molecular formula is C46H54N10O6. The Kier molecular flexibility index (Phi) is 10.6. The number of ether oxygens (including phenoxy) is 2. The third-order valence-corrected chi connectivity index (χ3v) is 13.5. The molecule has 0 spiro atoms. The molecule has 4 aromatic rings. The number of para-hydroxylation sites is 1. The van der Waals surface area contributed by atoms with Gasteiger partial charge >= 0.3 is 6.03 Å². The van der Waals surface area contributed by atoms with Crippen LogP contribution in [0.15, 0.2) is 72.8 Å². The zero-order valence-electron chi connectivity index (χ0n) is 35.1. The van der Waals surface area contributed by atoms with Crippen molar-refractivity contribution < 1.29 is 29.0 Å². The Bertz CT molecular complexity index is 2340. The van der Waals surface area contributed by atoms with E-state index in [1.165, 1.54) is 11.3 Å². The third kappa shape index (κ3) is 7.65. The summed E-state index contributed by atoms with van der Waals surface area (Å²) in [6, 6.07) is 23.6. The number of fused-ring (bicyclic) bond motifs is 3. The van der Waals surface area contributed by atoms with Gasteiger partial charge < -0.3 is 49.7 Å². The molecule has 6 aliphatic rings. The lowest BCUT2D eigenvalue weighted by atomic mass is 9.96.